The molecule has 0 aliphatic carbocycles. The number of ether oxygens (including phenoxy) is 1. The van der Waals surface area contributed by atoms with Gasteiger partial charge in [-0.05, 0) is 27.2 Å². The lowest BCUT2D eigenvalue weighted by molar-refractivity contribution is -0.136. The normalized spacial score (nSPS) is 21.2. The van der Waals surface area contributed by atoms with Crippen LogP contribution < -0.4 is 0 Å². The maximum atomic E-state index is 11.6. The van der Waals surface area contributed by atoms with Crippen LogP contribution in [-0.2, 0) is 9.53 Å². The fourth-order valence-corrected chi connectivity index (χ4v) is 1.55. The number of nitrogens with zero attached hydrogens (tertiary/aromatic N) is 1. The van der Waals surface area contributed by atoms with Crippen molar-refractivity contribution in [3.8, 4) is 0 Å². The molecule has 1 saturated heterocycles. The van der Waals surface area contributed by atoms with Gasteiger partial charge in [0.2, 0.25) is 0 Å². The summed E-state index contributed by atoms with van der Waals surface area (Å²) in [4.78, 5) is 24.4. The molecule has 0 N–H and O–H groups in total. The number of Topliss-reactive ketones (excluding diaryl/α,β-unsaturated/α-hetero) is 1. The van der Waals surface area contributed by atoms with Crippen LogP contribution in [0.5, 0.6) is 0 Å². The largest absolute Gasteiger partial charge is 0.444 e. The van der Waals surface area contributed by atoms with Crippen molar-refractivity contribution in [2.45, 2.75) is 52.2 Å². The summed E-state index contributed by atoms with van der Waals surface area (Å²) in [6.45, 7) is 7.67. The summed E-state index contributed by atoms with van der Waals surface area (Å²) in [6.07, 6.45) is 1.26. The Morgan fingerprint density at radius 3 is 2.53 bits per heavy atom. The first-order valence-electron chi connectivity index (χ1n) is 5.37. The molecule has 1 atom stereocenters. The average molecular weight is 213 g/mol. The van der Waals surface area contributed by atoms with E-state index < -0.39 is 5.60 Å². The predicted molar refractivity (Wildman–Crippen MR) is 56.6 cm³/mol. The molecule has 86 valence electrons. The van der Waals surface area contributed by atoms with E-state index in [1.807, 2.05) is 27.7 Å². The Morgan fingerprint density at radius 2 is 2.13 bits per heavy atom. The second-order valence-electron chi connectivity index (χ2n) is 4.88. The monoisotopic (exact) mass is 213 g/mol. The van der Waals surface area contributed by atoms with E-state index in [2.05, 4.69) is 0 Å². The minimum Gasteiger partial charge on any atom is -0.444 e. The Balaban J connectivity index is 2.51. The second-order valence-corrected chi connectivity index (χ2v) is 4.88. The van der Waals surface area contributed by atoms with Crippen molar-refractivity contribution in [3.05, 3.63) is 0 Å². The van der Waals surface area contributed by atoms with Gasteiger partial charge in [-0.1, -0.05) is 13.3 Å². The SMILES string of the molecule is CCC[C@H]1C(=O)CN1C(=O)OC(C)(C)C. The van der Waals surface area contributed by atoms with Crippen molar-refractivity contribution in [1.82, 2.24) is 4.90 Å². The Labute approximate surface area is 90.6 Å². The molecule has 1 rings (SSSR count). The van der Waals surface area contributed by atoms with Gasteiger partial charge in [-0.15, -0.1) is 0 Å². The van der Waals surface area contributed by atoms with Gasteiger partial charge in [0.15, 0.2) is 5.78 Å². The van der Waals surface area contributed by atoms with E-state index >= 15 is 0 Å². The maximum absolute atomic E-state index is 11.6. The summed E-state index contributed by atoms with van der Waals surface area (Å²) in [5.41, 5.74) is -0.494. The molecule has 0 spiro atoms. The minimum atomic E-state index is -0.494. The molecular formula is C11H19NO3. The van der Waals surface area contributed by atoms with E-state index in [4.69, 9.17) is 4.74 Å². The zero-order valence-electron chi connectivity index (χ0n) is 9.87. The minimum absolute atomic E-state index is 0.141. The summed E-state index contributed by atoms with van der Waals surface area (Å²) in [5.74, 6) is 0.141. The lowest BCUT2D eigenvalue weighted by atomic mass is 9.97. The molecule has 1 heterocycles. The number of likely N-dealkylation sites (tertiary alicyclic amines) is 1. The molecule has 15 heavy (non-hydrogen) atoms. The highest BCUT2D eigenvalue weighted by molar-refractivity contribution is 5.97. The van der Waals surface area contributed by atoms with E-state index in [9.17, 15) is 9.59 Å². The number of carbonyl (C=O) groups is 2. The van der Waals surface area contributed by atoms with Gasteiger partial charge in [0, 0.05) is 0 Å². The highest BCUT2D eigenvalue weighted by Gasteiger charge is 2.41. The quantitative estimate of drug-likeness (QED) is 0.704. The number of carbonyl (C=O) groups excluding carboxylic acids is 2. The molecule has 0 saturated carbocycles. The molecule has 0 aromatic carbocycles. The number of rotatable bonds is 2. The van der Waals surface area contributed by atoms with Crippen LogP contribution in [0.2, 0.25) is 0 Å². The van der Waals surface area contributed by atoms with Crippen LogP contribution in [0.1, 0.15) is 40.5 Å². The smallest absolute Gasteiger partial charge is 0.411 e. The molecule has 1 aliphatic heterocycles. The molecule has 1 amide bonds. The van der Waals surface area contributed by atoms with Crippen LogP contribution in [-0.4, -0.2) is 35.0 Å². The van der Waals surface area contributed by atoms with Crippen molar-refractivity contribution < 1.29 is 14.3 Å². The van der Waals surface area contributed by atoms with Gasteiger partial charge in [-0.3, -0.25) is 9.69 Å². The first kappa shape index (κ1) is 12.0. The summed E-state index contributed by atoms with van der Waals surface area (Å²) in [7, 11) is 0. The lowest BCUT2D eigenvalue weighted by Crippen LogP contribution is -2.60. The highest BCUT2D eigenvalue weighted by atomic mass is 16.6. The molecule has 1 fully saturated rings. The molecule has 0 aromatic rings. The van der Waals surface area contributed by atoms with Crippen LogP contribution in [0.15, 0.2) is 0 Å². The van der Waals surface area contributed by atoms with E-state index in [0.717, 1.165) is 12.8 Å². The predicted octanol–water partition coefficient (Wildman–Crippen LogP) is 1.97. The Morgan fingerprint density at radius 1 is 1.53 bits per heavy atom. The number of ketones is 1. The standard InChI is InChI=1S/C11H19NO3/c1-5-6-8-9(13)7-12(8)10(14)15-11(2,3)4/h8H,5-7H2,1-4H3/t8-/m0/s1. The third kappa shape index (κ3) is 2.94. The van der Waals surface area contributed by atoms with Crippen molar-refractivity contribution in [2.75, 3.05) is 6.54 Å². The Kier molecular flexibility index (Phi) is 3.37. The second kappa shape index (κ2) is 4.21. The maximum Gasteiger partial charge on any atom is 0.411 e. The fourth-order valence-electron chi connectivity index (χ4n) is 1.55. The summed E-state index contributed by atoms with van der Waals surface area (Å²) >= 11 is 0. The number of hydrogen-bond acceptors (Lipinski definition) is 3. The highest BCUT2D eigenvalue weighted by Crippen LogP contribution is 2.21. The van der Waals surface area contributed by atoms with Gasteiger partial charge < -0.3 is 4.74 Å². The first-order valence-corrected chi connectivity index (χ1v) is 5.37. The van der Waals surface area contributed by atoms with E-state index in [1.54, 1.807) is 0 Å². The third-order valence-corrected chi connectivity index (χ3v) is 2.26. The average Bonchev–Trinajstić information content (AvgIpc) is 2.07. The number of amides is 1. The first-order chi connectivity index (χ1) is 6.85. The van der Waals surface area contributed by atoms with Gasteiger partial charge in [0.25, 0.3) is 0 Å². The third-order valence-electron chi connectivity index (χ3n) is 2.26. The summed E-state index contributed by atoms with van der Waals surface area (Å²) in [5, 5.41) is 0. The number of hydrogen-bond donors (Lipinski definition) is 0. The molecule has 0 radical (unpaired) electrons. The van der Waals surface area contributed by atoms with E-state index in [-0.39, 0.29) is 24.5 Å². The van der Waals surface area contributed by atoms with Gasteiger partial charge >= 0.3 is 6.09 Å². The van der Waals surface area contributed by atoms with Crippen molar-refractivity contribution in [1.29, 1.82) is 0 Å². The molecule has 4 nitrogen and oxygen atoms in total. The van der Waals surface area contributed by atoms with Crippen LogP contribution in [0.3, 0.4) is 0 Å². The zero-order chi connectivity index (χ0) is 11.6. The Bertz CT molecular complexity index is 267. The lowest BCUT2D eigenvalue weighted by Gasteiger charge is -2.39. The van der Waals surface area contributed by atoms with Crippen LogP contribution >= 0.6 is 0 Å². The summed E-state index contributed by atoms with van der Waals surface area (Å²) in [6, 6.07) is -0.246. The molecule has 1 aliphatic rings. The van der Waals surface area contributed by atoms with Gasteiger partial charge in [0.05, 0.1) is 12.6 Å². The molecular weight excluding hydrogens is 194 g/mol. The molecule has 4 heteroatoms. The fraction of sp³-hybridized carbons (Fsp3) is 0.818. The van der Waals surface area contributed by atoms with E-state index in [0.29, 0.717) is 0 Å². The topological polar surface area (TPSA) is 46.6 Å². The van der Waals surface area contributed by atoms with Gasteiger partial charge in [-0.25, -0.2) is 4.79 Å². The van der Waals surface area contributed by atoms with Gasteiger partial charge in [0.1, 0.15) is 5.60 Å². The molecule has 0 bridgehead atoms. The molecule has 0 aromatic heterocycles. The van der Waals surface area contributed by atoms with Crippen molar-refractivity contribution in [3.63, 3.8) is 0 Å². The van der Waals surface area contributed by atoms with Gasteiger partial charge in [-0.2, -0.15) is 0 Å². The van der Waals surface area contributed by atoms with Crippen LogP contribution in [0.25, 0.3) is 0 Å². The Hall–Kier alpha value is -1.06. The zero-order valence-corrected chi connectivity index (χ0v) is 9.87. The van der Waals surface area contributed by atoms with Crippen LogP contribution in [0, 0.1) is 0 Å². The van der Waals surface area contributed by atoms with Crippen LogP contribution in [0.4, 0.5) is 4.79 Å². The van der Waals surface area contributed by atoms with Crippen molar-refractivity contribution in [2.24, 2.45) is 0 Å². The van der Waals surface area contributed by atoms with E-state index in [1.165, 1.54) is 4.90 Å². The molecule has 0 unspecified atom stereocenters. The summed E-state index contributed by atoms with van der Waals surface area (Å²) < 4.78 is 5.20. The van der Waals surface area contributed by atoms with Crippen molar-refractivity contribution >= 4 is 11.9 Å².